The Morgan fingerprint density at radius 3 is 2.67 bits per heavy atom. The van der Waals surface area contributed by atoms with Gasteiger partial charge in [0.1, 0.15) is 22.4 Å². The lowest BCUT2D eigenvalue weighted by Gasteiger charge is -2.36. The summed E-state index contributed by atoms with van der Waals surface area (Å²) in [6.45, 7) is 16.2. The molecule has 0 saturated carbocycles. The van der Waals surface area contributed by atoms with Crippen LogP contribution in [0.2, 0.25) is 0 Å². The first-order valence-corrected chi connectivity index (χ1v) is 11.4. The molecule has 0 unspecified atom stereocenters. The fraction of sp³-hybridized carbons (Fsp3) is 0.696. The van der Waals surface area contributed by atoms with Gasteiger partial charge in [-0.3, -0.25) is 4.90 Å². The molecular formula is C23H35N3O3S. The highest BCUT2D eigenvalue weighted by atomic mass is 32.2. The van der Waals surface area contributed by atoms with Crippen molar-refractivity contribution in [3.63, 3.8) is 0 Å². The zero-order valence-corrected chi connectivity index (χ0v) is 20.3. The van der Waals surface area contributed by atoms with Crippen LogP contribution in [0.4, 0.5) is 4.79 Å². The fourth-order valence-electron chi connectivity index (χ4n) is 3.62. The molecular weight excluding hydrogens is 398 g/mol. The van der Waals surface area contributed by atoms with Crippen molar-refractivity contribution in [3.05, 3.63) is 23.4 Å². The number of ether oxygens (including phenoxy) is 2. The number of rotatable bonds is 6. The summed E-state index contributed by atoms with van der Waals surface area (Å²) < 4.78 is 11.6. The van der Waals surface area contributed by atoms with Crippen LogP contribution in [0, 0.1) is 24.2 Å². The second-order valence-electron chi connectivity index (χ2n) is 9.78. The van der Waals surface area contributed by atoms with Gasteiger partial charge in [-0.2, -0.15) is 5.26 Å². The Labute approximate surface area is 185 Å². The van der Waals surface area contributed by atoms with Gasteiger partial charge in [-0.05, 0) is 72.4 Å². The van der Waals surface area contributed by atoms with Crippen LogP contribution in [-0.4, -0.2) is 45.2 Å². The number of aromatic nitrogens is 1. The molecule has 2 rings (SSSR count). The predicted octanol–water partition coefficient (Wildman–Crippen LogP) is 5.53. The third-order valence-electron chi connectivity index (χ3n) is 4.83. The zero-order valence-electron chi connectivity index (χ0n) is 19.5. The number of thioether (sulfide) groups is 1. The maximum absolute atomic E-state index is 13.0. The maximum Gasteiger partial charge on any atom is 0.412 e. The smallest absolute Gasteiger partial charge is 0.412 e. The Hall–Kier alpha value is -1.78. The van der Waals surface area contributed by atoms with E-state index in [1.165, 1.54) is 0 Å². The Morgan fingerprint density at radius 2 is 2.10 bits per heavy atom. The summed E-state index contributed by atoms with van der Waals surface area (Å²) >= 11 is 1.63. The van der Waals surface area contributed by atoms with E-state index in [0.29, 0.717) is 18.1 Å². The van der Waals surface area contributed by atoms with Gasteiger partial charge in [-0.15, -0.1) is 11.8 Å². The summed E-state index contributed by atoms with van der Waals surface area (Å²) in [6, 6.07) is 5.84. The summed E-state index contributed by atoms with van der Waals surface area (Å²) in [7, 11) is 0. The van der Waals surface area contributed by atoms with Crippen molar-refractivity contribution in [2.45, 2.75) is 95.9 Å². The topological polar surface area (TPSA) is 75.5 Å². The molecule has 1 amide bonds. The van der Waals surface area contributed by atoms with Crippen LogP contribution < -0.4 is 0 Å². The molecule has 1 saturated heterocycles. The summed E-state index contributed by atoms with van der Waals surface area (Å²) in [6.07, 6.45) is 1.34. The molecule has 1 aromatic heterocycles. The number of hydrogen-bond acceptors (Lipinski definition) is 6. The van der Waals surface area contributed by atoms with Crippen molar-refractivity contribution in [1.29, 1.82) is 5.26 Å². The molecule has 1 aromatic rings. The minimum Gasteiger partial charge on any atom is -0.444 e. The van der Waals surface area contributed by atoms with Gasteiger partial charge in [-0.25, -0.2) is 9.78 Å². The Balaban J connectivity index is 2.25. The summed E-state index contributed by atoms with van der Waals surface area (Å²) in [4.78, 5) is 19.3. The Kier molecular flexibility index (Phi) is 7.81. The largest absolute Gasteiger partial charge is 0.444 e. The molecule has 2 heterocycles. The monoisotopic (exact) mass is 433 g/mol. The molecule has 0 bridgehead atoms. The van der Waals surface area contributed by atoms with Crippen LogP contribution in [0.25, 0.3) is 0 Å². The number of aryl methyl sites for hydroxylation is 1. The van der Waals surface area contributed by atoms with Gasteiger partial charge in [0.05, 0.1) is 18.2 Å². The van der Waals surface area contributed by atoms with Gasteiger partial charge in [0.25, 0.3) is 0 Å². The Morgan fingerprint density at radius 1 is 1.43 bits per heavy atom. The van der Waals surface area contributed by atoms with Crippen molar-refractivity contribution >= 4 is 17.9 Å². The van der Waals surface area contributed by atoms with E-state index in [1.54, 1.807) is 16.7 Å². The molecule has 2 atom stereocenters. The molecule has 0 aliphatic carbocycles. The molecule has 1 fully saturated rings. The van der Waals surface area contributed by atoms with Crippen molar-refractivity contribution in [2.24, 2.45) is 5.92 Å². The second-order valence-corrected chi connectivity index (χ2v) is 11.1. The average Bonchev–Trinajstić information content (AvgIpc) is 2.87. The van der Waals surface area contributed by atoms with E-state index in [9.17, 15) is 10.1 Å². The highest BCUT2D eigenvalue weighted by molar-refractivity contribution is 7.99. The molecule has 1 aliphatic rings. The van der Waals surface area contributed by atoms with Crippen LogP contribution in [-0.2, 0) is 9.47 Å². The fourth-order valence-corrected chi connectivity index (χ4v) is 5.18. The van der Waals surface area contributed by atoms with Crippen LogP contribution in [0.1, 0.15) is 72.6 Å². The highest BCUT2D eigenvalue weighted by Crippen LogP contribution is 2.37. The Bertz CT molecular complexity index is 796. The van der Waals surface area contributed by atoms with E-state index in [0.717, 1.165) is 23.6 Å². The zero-order chi connectivity index (χ0) is 22.7. The highest BCUT2D eigenvalue weighted by Gasteiger charge is 2.46. The number of carbonyl (C=O) groups is 1. The molecule has 30 heavy (non-hydrogen) atoms. The molecule has 6 nitrogen and oxygen atoms in total. The number of pyridine rings is 1. The standard InChI is InChI=1S/C23H35N3O3S/c1-15(2)11-19(30-20-17(13-24)10-9-16(3)25-20)12-18-14-28-23(7,8)26(18)21(27)29-22(4,5)6/h9-10,15,18-19H,11-12,14H2,1-8H3/t18-,19-/m0/s1. The molecule has 0 N–H and O–H groups in total. The van der Waals surface area contributed by atoms with Gasteiger partial charge in [0.15, 0.2) is 0 Å². The van der Waals surface area contributed by atoms with Crippen LogP contribution in [0.3, 0.4) is 0 Å². The summed E-state index contributed by atoms with van der Waals surface area (Å²) in [5.74, 6) is 0.475. The first-order chi connectivity index (χ1) is 13.8. The second kappa shape index (κ2) is 9.57. The van der Waals surface area contributed by atoms with Crippen molar-refractivity contribution in [3.8, 4) is 6.07 Å². The van der Waals surface area contributed by atoms with E-state index in [-0.39, 0.29) is 17.4 Å². The SMILES string of the molecule is Cc1ccc(C#N)c(S[C@@H](CC(C)C)C[C@H]2COC(C)(C)N2C(=O)OC(C)(C)C)n1. The van der Waals surface area contributed by atoms with E-state index >= 15 is 0 Å². The maximum atomic E-state index is 13.0. The molecule has 7 heteroatoms. The van der Waals surface area contributed by atoms with Gasteiger partial charge >= 0.3 is 6.09 Å². The van der Waals surface area contributed by atoms with Gasteiger partial charge in [-0.1, -0.05) is 13.8 Å². The number of nitrogens with zero attached hydrogens (tertiary/aromatic N) is 3. The van der Waals surface area contributed by atoms with Crippen LogP contribution in [0.15, 0.2) is 17.2 Å². The van der Waals surface area contributed by atoms with Crippen LogP contribution in [0.5, 0.6) is 0 Å². The number of carbonyl (C=O) groups excluding carboxylic acids is 1. The van der Waals surface area contributed by atoms with Crippen molar-refractivity contribution < 1.29 is 14.3 Å². The quantitative estimate of drug-likeness (QED) is 0.549. The lowest BCUT2D eigenvalue weighted by atomic mass is 10.0. The summed E-state index contributed by atoms with van der Waals surface area (Å²) in [5, 5.41) is 10.4. The normalized spacial score (nSPS) is 19.6. The molecule has 0 spiro atoms. The molecule has 166 valence electrons. The average molecular weight is 434 g/mol. The van der Waals surface area contributed by atoms with Crippen molar-refractivity contribution in [2.75, 3.05) is 6.61 Å². The number of amides is 1. The minimum absolute atomic E-state index is 0.0959. The minimum atomic E-state index is -0.723. The van der Waals surface area contributed by atoms with E-state index in [2.05, 4.69) is 24.9 Å². The number of nitriles is 1. The van der Waals surface area contributed by atoms with Crippen molar-refractivity contribution in [1.82, 2.24) is 9.88 Å². The third kappa shape index (κ3) is 6.61. The predicted molar refractivity (Wildman–Crippen MR) is 119 cm³/mol. The molecule has 1 aliphatic heterocycles. The summed E-state index contributed by atoms with van der Waals surface area (Å²) in [5.41, 5.74) is 0.186. The molecule has 0 aromatic carbocycles. The third-order valence-corrected chi connectivity index (χ3v) is 6.08. The van der Waals surface area contributed by atoms with E-state index in [4.69, 9.17) is 9.47 Å². The molecule has 0 radical (unpaired) electrons. The van der Waals surface area contributed by atoms with Crippen LogP contribution >= 0.6 is 11.8 Å². The first-order valence-electron chi connectivity index (χ1n) is 10.5. The van der Waals surface area contributed by atoms with Gasteiger partial charge in [0.2, 0.25) is 0 Å². The lowest BCUT2D eigenvalue weighted by molar-refractivity contribution is -0.0626. The first kappa shape index (κ1) is 24.5. The number of hydrogen-bond donors (Lipinski definition) is 0. The lowest BCUT2D eigenvalue weighted by Crippen LogP contribution is -2.50. The van der Waals surface area contributed by atoms with E-state index < -0.39 is 11.3 Å². The van der Waals surface area contributed by atoms with E-state index in [1.807, 2.05) is 53.7 Å². The van der Waals surface area contributed by atoms with Gasteiger partial charge < -0.3 is 9.47 Å². The van der Waals surface area contributed by atoms with Gasteiger partial charge in [0, 0.05) is 10.9 Å².